The number of rotatable bonds is 8. The van der Waals surface area contributed by atoms with Crippen molar-refractivity contribution in [2.24, 2.45) is 4.99 Å². The number of nitrogens with one attached hydrogen (secondary N) is 1. The van der Waals surface area contributed by atoms with E-state index in [0.29, 0.717) is 17.5 Å². The van der Waals surface area contributed by atoms with Crippen LogP contribution in [0.2, 0.25) is 0 Å². The molecule has 168 valence electrons. The highest BCUT2D eigenvalue weighted by Crippen LogP contribution is 2.35. The molecule has 4 rings (SSSR count). The minimum atomic E-state index is -0.556. The van der Waals surface area contributed by atoms with Gasteiger partial charge in [-0.05, 0) is 55.0 Å². The summed E-state index contributed by atoms with van der Waals surface area (Å²) in [5, 5.41) is 2.88. The van der Waals surface area contributed by atoms with E-state index in [0.717, 1.165) is 23.5 Å². The van der Waals surface area contributed by atoms with Crippen LogP contribution in [0, 0.1) is 0 Å². The average Bonchev–Trinajstić information content (AvgIpc) is 3.14. The SMILES string of the molecule is CCCOc1ccc(NC(=O)CC2SC(=Nc3ccccc3)N(c3ccccc3)C2=O)cc1. The van der Waals surface area contributed by atoms with Crippen molar-refractivity contribution in [2.45, 2.75) is 25.0 Å². The van der Waals surface area contributed by atoms with E-state index in [4.69, 9.17) is 4.74 Å². The lowest BCUT2D eigenvalue weighted by molar-refractivity contribution is -0.121. The van der Waals surface area contributed by atoms with E-state index in [9.17, 15) is 9.59 Å². The maximum atomic E-state index is 13.3. The topological polar surface area (TPSA) is 71.0 Å². The summed E-state index contributed by atoms with van der Waals surface area (Å²) in [4.78, 5) is 32.3. The van der Waals surface area contributed by atoms with Crippen molar-refractivity contribution >= 4 is 45.8 Å². The predicted octanol–water partition coefficient (Wildman–Crippen LogP) is 5.64. The molecule has 1 fully saturated rings. The van der Waals surface area contributed by atoms with Gasteiger partial charge in [-0.2, -0.15) is 0 Å². The molecule has 1 unspecified atom stereocenters. The number of ether oxygens (including phenoxy) is 1. The first-order chi connectivity index (χ1) is 16.1. The number of nitrogens with zero attached hydrogens (tertiary/aromatic N) is 2. The Morgan fingerprint density at radius 2 is 1.67 bits per heavy atom. The fourth-order valence-corrected chi connectivity index (χ4v) is 4.49. The third kappa shape index (κ3) is 5.81. The molecule has 0 spiro atoms. The maximum absolute atomic E-state index is 13.3. The third-order valence-corrected chi connectivity index (χ3v) is 6.05. The zero-order valence-corrected chi connectivity index (χ0v) is 19.1. The zero-order valence-electron chi connectivity index (χ0n) is 18.3. The Kier molecular flexibility index (Phi) is 7.42. The van der Waals surface area contributed by atoms with Crippen molar-refractivity contribution in [3.63, 3.8) is 0 Å². The van der Waals surface area contributed by atoms with Gasteiger partial charge in [-0.25, -0.2) is 4.99 Å². The van der Waals surface area contributed by atoms with Crippen molar-refractivity contribution in [3.05, 3.63) is 84.9 Å². The van der Waals surface area contributed by atoms with Crippen molar-refractivity contribution < 1.29 is 14.3 Å². The second-order valence-corrected chi connectivity index (χ2v) is 8.64. The summed E-state index contributed by atoms with van der Waals surface area (Å²) < 4.78 is 5.57. The summed E-state index contributed by atoms with van der Waals surface area (Å²) in [6.45, 7) is 2.70. The van der Waals surface area contributed by atoms with E-state index >= 15 is 0 Å². The Labute approximate surface area is 197 Å². The summed E-state index contributed by atoms with van der Waals surface area (Å²) in [6.07, 6.45) is 0.982. The number of carbonyl (C=O) groups excluding carboxylic acids is 2. The van der Waals surface area contributed by atoms with Gasteiger partial charge < -0.3 is 10.1 Å². The number of para-hydroxylation sites is 2. The third-order valence-electron chi connectivity index (χ3n) is 4.91. The van der Waals surface area contributed by atoms with E-state index in [1.807, 2.05) is 79.7 Å². The minimum absolute atomic E-state index is 0.0503. The number of thioether (sulfide) groups is 1. The Bertz CT molecular complexity index is 1120. The molecule has 0 saturated carbocycles. The molecule has 0 aliphatic carbocycles. The van der Waals surface area contributed by atoms with Crippen molar-refractivity contribution in [1.82, 2.24) is 0 Å². The molecule has 1 aliphatic heterocycles. The van der Waals surface area contributed by atoms with E-state index in [1.54, 1.807) is 17.0 Å². The van der Waals surface area contributed by atoms with Crippen LogP contribution in [0.3, 0.4) is 0 Å². The maximum Gasteiger partial charge on any atom is 0.247 e. The van der Waals surface area contributed by atoms with Crippen LogP contribution in [-0.2, 0) is 9.59 Å². The molecule has 0 aromatic heterocycles. The van der Waals surface area contributed by atoms with Gasteiger partial charge in [0.2, 0.25) is 11.8 Å². The van der Waals surface area contributed by atoms with Crippen LogP contribution in [0.5, 0.6) is 5.75 Å². The van der Waals surface area contributed by atoms with Crippen molar-refractivity contribution in [1.29, 1.82) is 0 Å². The van der Waals surface area contributed by atoms with E-state index in [2.05, 4.69) is 10.3 Å². The van der Waals surface area contributed by atoms with Gasteiger partial charge in [-0.15, -0.1) is 0 Å². The number of aliphatic imine (C=N–C) groups is 1. The van der Waals surface area contributed by atoms with Crippen molar-refractivity contribution in [3.8, 4) is 5.75 Å². The van der Waals surface area contributed by atoms with E-state index in [1.165, 1.54) is 11.8 Å². The Balaban J connectivity index is 1.48. The van der Waals surface area contributed by atoms with Crippen LogP contribution < -0.4 is 15.0 Å². The Morgan fingerprint density at radius 3 is 2.33 bits per heavy atom. The van der Waals surface area contributed by atoms with Gasteiger partial charge in [0.05, 0.1) is 18.0 Å². The zero-order chi connectivity index (χ0) is 23.0. The molecule has 3 aromatic rings. The lowest BCUT2D eigenvalue weighted by Gasteiger charge is -2.16. The number of hydrogen-bond donors (Lipinski definition) is 1. The first kappa shape index (κ1) is 22.6. The van der Waals surface area contributed by atoms with Gasteiger partial charge in [0, 0.05) is 12.1 Å². The first-order valence-electron chi connectivity index (χ1n) is 10.9. The first-order valence-corrected chi connectivity index (χ1v) is 11.7. The number of amides is 2. The van der Waals surface area contributed by atoms with Gasteiger partial charge >= 0.3 is 0 Å². The minimum Gasteiger partial charge on any atom is -0.494 e. The number of anilines is 2. The van der Waals surface area contributed by atoms with Crippen LogP contribution in [0.4, 0.5) is 17.1 Å². The van der Waals surface area contributed by atoms with Gasteiger partial charge in [0.25, 0.3) is 0 Å². The second kappa shape index (κ2) is 10.8. The fourth-order valence-electron chi connectivity index (χ4n) is 3.34. The molecule has 0 radical (unpaired) electrons. The molecule has 7 heteroatoms. The largest absolute Gasteiger partial charge is 0.494 e. The lowest BCUT2D eigenvalue weighted by Crippen LogP contribution is -2.33. The monoisotopic (exact) mass is 459 g/mol. The summed E-state index contributed by atoms with van der Waals surface area (Å²) in [5.74, 6) is 0.382. The standard InChI is InChI=1S/C26H25N3O3S/c1-2-17-32-22-15-13-20(14-16-22)27-24(30)18-23-25(31)29(21-11-7-4-8-12-21)26(33-23)28-19-9-5-3-6-10-19/h3-16,23H,2,17-18H2,1H3,(H,27,30). The molecule has 6 nitrogen and oxygen atoms in total. The molecule has 1 N–H and O–H groups in total. The van der Waals surface area contributed by atoms with Crippen LogP contribution in [-0.4, -0.2) is 28.8 Å². The lowest BCUT2D eigenvalue weighted by atomic mass is 10.2. The molecule has 0 bridgehead atoms. The quantitative estimate of drug-likeness (QED) is 0.473. The van der Waals surface area contributed by atoms with Crippen LogP contribution in [0.25, 0.3) is 0 Å². The average molecular weight is 460 g/mol. The molecule has 1 saturated heterocycles. The number of carbonyl (C=O) groups is 2. The smallest absolute Gasteiger partial charge is 0.247 e. The molecular weight excluding hydrogens is 434 g/mol. The van der Waals surface area contributed by atoms with E-state index in [-0.39, 0.29) is 18.2 Å². The highest BCUT2D eigenvalue weighted by molar-refractivity contribution is 8.16. The van der Waals surface area contributed by atoms with Crippen LogP contribution in [0.1, 0.15) is 19.8 Å². The van der Waals surface area contributed by atoms with Gasteiger partial charge in [-0.1, -0.05) is 55.1 Å². The Morgan fingerprint density at radius 1 is 1.00 bits per heavy atom. The molecule has 33 heavy (non-hydrogen) atoms. The van der Waals surface area contributed by atoms with Crippen LogP contribution >= 0.6 is 11.8 Å². The number of benzene rings is 3. The number of amidine groups is 1. The predicted molar refractivity (Wildman–Crippen MR) is 134 cm³/mol. The van der Waals surface area contributed by atoms with Gasteiger partial charge in [0.15, 0.2) is 5.17 Å². The second-order valence-electron chi connectivity index (χ2n) is 7.47. The van der Waals surface area contributed by atoms with E-state index < -0.39 is 5.25 Å². The fraction of sp³-hybridized carbons (Fsp3) is 0.192. The van der Waals surface area contributed by atoms with Gasteiger partial charge in [0.1, 0.15) is 11.0 Å². The molecule has 1 atom stereocenters. The summed E-state index contributed by atoms with van der Waals surface area (Å²) in [7, 11) is 0. The molecule has 1 aliphatic rings. The Hall–Kier alpha value is -3.58. The molecule has 3 aromatic carbocycles. The summed E-state index contributed by atoms with van der Waals surface area (Å²) in [5.41, 5.74) is 2.15. The molecule has 1 heterocycles. The number of hydrogen-bond acceptors (Lipinski definition) is 5. The highest BCUT2D eigenvalue weighted by Gasteiger charge is 2.40. The normalized spacial score (nSPS) is 16.8. The summed E-state index contributed by atoms with van der Waals surface area (Å²) in [6, 6.07) is 26.1. The molecular formula is C26H25N3O3S. The van der Waals surface area contributed by atoms with Gasteiger partial charge in [-0.3, -0.25) is 14.5 Å². The van der Waals surface area contributed by atoms with Crippen LogP contribution in [0.15, 0.2) is 89.9 Å². The molecule has 2 amide bonds. The summed E-state index contributed by atoms with van der Waals surface area (Å²) >= 11 is 1.31. The van der Waals surface area contributed by atoms with Crippen molar-refractivity contribution in [2.75, 3.05) is 16.8 Å². The highest BCUT2D eigenvalue weighted by atomic mass is 32.2.